The molecule has 0 spiro atoms. The molecule has 184 valence electrons. The van der Waals surface area contributed by atoms with E-state index >= 15 is 0 Å². The van der Waals surface area contributed by atoms with Crippen LogP contribution in [0.25, 0.3) is 44.6 Å². The van der Waals surface area contributed by atoms with Gasteiger partial charge in [-0.2, -0.15) is 0 Å². The van der Waals surface area contributed by atoms with Gasteiger partial charge < -0.3 is 10.2 Å². The largest absolute Gasteiger partial charge is 0.477 e. The predicted octanol–water partition coefficient (Wildman–Crippen LogP) is 5.99. The summed E-state index contributed by atoms with van der Waals surface area (Å²) in [6.45, 7) is 0. The topological polar surface area (TPSA) is 126 Å². The summed E-state index contributed by atoms with van der Waals surface area (Å²) in [4.78, 5) is 39.0. The number of carboxylic acid groups (broad SMARTS) is 2. The molecular formula is C30H20N4O4. The molecule has 0 unspecified atom stereocenters. The number of aromatic carboxylic acids is 2. The van der Waals surface area contributed by atoms with Crippen LogP contribution in [0.2, 0.25) is 0 Å². The molecule has 8 nitrogen and oxygen atoms in total. The third-order valence-electron chi connectivity index (χ3n) is 5.66. The normalized spacial score (nSPS) is 10.5. The fourth-order valence-corrected chi connectivity index (χ4v) is 3.81. The van der Waals surface area contributed by atoms with Crippen LogP contribution in [0.5, 0.6) is 0 Å². The smallest absolute Gasteiger partial charge is 0.354 e. The Morgan fingerprint density at radius 1 is 0.421 bits per heavy atom. The first kappa shape index (κ1) is 24.2. The number of aromatic nitrogens is 4. The molecule has 8 heteroatoms. The van der Waals surface area contributed by atoms with Crippen molar-refractivity contribution in [2.24, 2.45) is 0 Å². The van der Waals surface area contributed by atoms with Gasteiger partial charge in [0.15, 0.2) is 0 Å². The Bertz CT molecular complexity index is 1670. The summed E-state index contributed by atoms with van der Waals surface area (Å²) < 4.78 is 0. The summed E-state index contributed by atoms with van der Waals surface area (Å²) in [5.41, 5.74) is 4.23. The minimum Gasteiger partial charge on any atom is -0.477 e. The lowest BCUT2D eigenvalue weighted by atomic mass is 10.1. The van der Waals surface area contributed by atoms with Gasteiger partial charge in [0.25, 0.3) is 0 Å². The Morgan fingerprint density at radius 3 is 1.24 bits per heavy atom. The maximum absolute atomic E-state index is 10.9. The fraction of sp³-hybridized carbons (Fsp3) is 0. The first-order valence-corrected chi connectivity index (χ1v) is 11.6. The van der Waals surface area contributed by atoms with Gasteiger partial charge in [-0.25, -0.2) is 29.5 Å². The van der Waals surface area contributed by atoms with Crippen LogP contribution in [-0.4, -0.2) is 42.1 Å². The Hall–Kier alpha value is -5.50. The van der Waals surface area contributed by atoms with E-state index in [-0.39, 0.29) is 11.4 Å². The molecule has 0 saturated carbocycles. The lowest BCUT2D eigenvalue weighted by molar-refractivity contribution is 0.0680. The van der Waals surface area contributed by atoms with E-state index in [1.54, 1.807) is 24.3 Å². The highest BCUT2D eigenvalue weighted by molar-refractivity contribution is 5.87. The molecule has 0 aliphatic rings. The zero-order chi connectivity index (χ0) is 26.5. The fourth-order valence-electron chi connectivity index (χ4n) is 3.81. The van der Waals surface area contributed by atoms with E-state index in [1.165, 1.54) is 12.1 Å². The molecule has 0 aliphatic carbocycles. The molecule has 4 heterocycles. The number of carboxylic acids is 2. The van der Waals surface area contributed by atoms with Crippen LogP contribution in [0.15, 0.2) is 109 Å². The summed E-state index contributed by atoms with van der Waals surface area (Å²) >= 11 is 0. The Morgan fingerprint density at radius 2 is 0.816 bits per heavy atom. The highest BCUT2D eigenvalue weighted by Crippen LogP contribution is 2.20. The quantitative estimate of drug-likeness (QED) is 0.302. The van der Waals surface area contributed by atoms with Gasteiger partial charge in [-0.3, -0.25) is 0 Å². The minimum absolute atomic E-state index is 0.0208. The van der Waals surface area contributed by atoms with Gasteiger partial charge in [0.2, 0.25) is 0 Å². The summed E-state index contributed by atoms with van der Waals surface area (Å²) in [5.74, 6) is -2.08. The number of benzene rings is 2. The third kappa shape index (κ3) is 5.34. The molecule has 6 aromatic rings. The molecule has 6 rings (SSSR count). The average molecular weight is 501 g/mol. The zero-order valence-corrected chi connectivity index (χ0v) is 19.9. The molecule has 0 atom stereocenters. The van der Waals surface area contributed by atoms with E-state index in [4.69, 9.17) is 10.2 Å². The van der Waals surface area contributed by atoms with Gasteiger partial charge in [0.1, 0.15) is 11.4 Å². The second-order valence-corrected chi connectivity index (χ2v) is 8.20. The van der Waals surface area contributed by atoms with Crippen LogP contribution >= 0.6 is 0 Å². The number of fused-ring (bicyclic) bond motifs is 2. The lowest BCUT2D eigenvalue weighted by Gasteiger charge is -2.03. The number of pyridine rings is 4. The SMILES string of the molecule is O=C(O)c1cccc(-c2ccc3ccccc3n2)n1.O=C(O)c1cccc(-c2ccc3ccccc3n2)n1. The predicted molar refractivity (Wildman–Crippen MR) is 144 cm³/mol. The van der Waals surface area contributed by atoms with E-state index in [0.717, 1.165) is 21.8 Å². The maximum atomic E-state index is 10.9. The first-order valence-electron chi connectivity index (χ1n) is 11.6. The van der Waals surface area contributed by atoms with Gasteiger partial charge >= 0.3 is 11.9 Å². The number of rotatable bonds is 4. The zero-order valence-electron chi connectivity index (χ0n) is 19.9. The molecule has 2 N–H and O–H groups in total. The van der Waals surface area contributed by atoms with Crippen molar-refractivity contribution in [3.05, 3.63) is 121 Å². The summed E-state index contributed by atoms with van der Waals surface area (Å²) in [6.07, 6.45) is 0. The molecule has 0 saturated heterocycles. The Balaban J connectivity index is 0.000000155. The van der Waals surface area contributed by atoms with Gasteiger partial charge in [-0.05, 0) is 48.5 Å². The van der Waals surface area contributed by atoms with Crippen LogP contribution in [0.3, 0.4) is 0 Å². The number of nitrogens with zero attached hydrogens (tertiary/aromatic N) is 4. The van der Waals surface area contributed by atoms with Crippen molar-refractivity contribution in [1.82, 2.24) is 19.9 Å². The molecule has 0 aliphatic heterocycles. The molecule has 0 fully saturated rings. The Kier molecular flexibility index (Phi) is 6.77. The molecule has 4 aromatic heterocycles. The van der Waals surface area contributed by atoms with Crippen molar-refractivity contribution in [3.8, 4) is 22.8 Å². The van der Waals surface area contributed by atoms with E-state index in [2.05, 4.69) is 19.9 Å². The van der Waals surface area contributed by atoms with Crippen LogP contribution < -0.4 is 0 Å². The molecule has 0 bridgehead atoms. The summed E-state index contributed by atoms with van der Waals surface area (Å²) in [5, 5.41) is 20.0. The first-order chi connectivity index (χ1) is 18.5. The average Bonchev–Trinajstić information content (AvgIpc) is 2.97. The van der Waals surface area contributed by atoms with Gasteiger partial charge in [-0.1, -0.05) is 60.7 Å². The van der Waals surface area contributed by atoms with Crippen molar-refractivity contribution in [1.29, 1.82) is 0 Å². The third-order valence-corrected chi connectivity index (χ3v) is 5.66. The van der Waals surface area contributed by atoms with Crippen LogP contribution in [-0.2, 0) is 0 Å². The molecule has 38 heavy (non-hydrogen) atoms. The van der Waals surface area contributed by atoms with Gasteiger partial charge in [0, 0.05) is 10.8 Å². The van der Waals surface area contributed by atoms with Crippen molar-refractivity contribution in [2.75, 3.05) is 0 Å². The lowest BCUT2D eigenvalue weighted by Crippen LogP contribution is -2.01. The van der Waals surface area contributed by atoms with Crippen LogP contribution in [0, 0.1) is 0 Å². The summed E-state index contributed by atoms with van der Waals surface area (Å²) in [6, 6.07) is 32.9. The molecule has 2 aromatic carbocycles. The molecule has 0 radical (unpaired) electrons. The van der Waals surface area contributed by atoms with Crippen molar-refractivity contribution in [2.45, 2.75) is 0 Å². The number of hydrogen-bond acceptors (Lipinski definition) is 6. The van der Waals surface area contributed by atoms with Gasteiger partial charge in [-0.15, -0.1) is 0 Å². The van der Waals surface area contributed by atoms with Crippen molar-refractivity contribution < 1.29 is 19.8 Å². The van der Waals surface area contributed by atoms with Crippen molar-refractivity contribution >= 4 is 33.7 Å². The standard InChI is InChI=1S/2C15H10N2O2/c2*18-15(19)14-7-3-6-12(17-14)13-9-8-10-4-1-2-5-11(10)16-13/h2*1-9H,(H,18,19). The number of hydrogen-bond donors (Lipinski definition) is 2. The molecule has 0 amide bonds. The highest BCUT2D eigenvalue weighted by Gasteiger charge is 2.09. The highest BCUT2D eigenvalue weighted by atomic mass is 16.4. The van der Waals surface area contributed by atoms with Crippen LogP contribution in [0.4, 0.5) is 0 Å². The minimum atomic E-state index is -1.04. The van der Waals surface area contributed by atoms with Crippen molar-refractivity contribution in [3.63, 3.8) is 0 Å². The van der Waals surface area contributed by atoms with Gasteiger partial charge in [0.05, 0.1) is 33.8 Å². The monoisotopic (exact) mass is 500 g/mol. The van der Waals surface area contributed by atoms with E-state index in [9.17, 15) is 9.59 Å². The van der Waals surface area contributed by atoms with E-state index < -0.39 is 11.9 Å². The van der Waals surface area contributed by atoms with E-state index in [0.29, 0.717) is 22.8 Å². The van der Waals surface area contributed by atoms with E-state index in [1.807, 2.05) is 72.8 Å². The second-order valence-electron chi connectivity index (χ2n) is 8.20. The molecular weight excluding hydrogens is 480 g/mol. The Labute approximate surface area is 216 Å². The van der Waals surface area contributed by atoms with Crippen LogP contribution in [0.1, 0.15) is 21.0 Å². The number of para-hydroxylation sites is 2. The summed E-state index contributed by atoms with van der Waals surface area (Å²) in [7, 11) is 0. The number of carbonyl (C=O) groups is 2. The maximum Gasteiger partial charge on any atom is 0.354 e. The second kappa shape index (κ2) is 10.6.